The first-order valence-corrected chi connectivity index (χ1v) is 8.85. The van der Waals surface area contributed by atoms with E-state index in [1.54, 1.807) is 13.0 Å². The van der Waals surface area contributed by atoms with Crippen LogP contribution in [-0.4, -0.2) is 29.5 Å². The molecule has 132 valence electrons. The van der Waals surface area contributed by atoms with Crippen molar-refractivity contribution in [2.24, 2.45) is 0 Å². The fourth-order valence-corrected chi connectivity index (χ4v) is 3.10. The van der Waals surface area contributed by atoms with Gasteiger partial charge in [0.25, 0.3) is 0 Å². The lowest BCUT2D eigenvalue weighted by atomic mass is 9.97. The van der Waals surface area contributed by atoms with Gasteiger partial charge in [0.15, 0.2) is 0 Å². The topological polar surface area (TPSA) is 148 Å². The molecule has 0 atom stereocenters. The van der Waals surface area contributed by atoms with Gasteiger partial charge in [-0.3, -0.25) is 10.3 Å². The molecule has 10 heteroatoms. The van der Waals surface area contributed by atoms with Gasteiger partial charge in [0.05, 0.1) is 0 Å². The molecule has 1 heterocycles. The molecule has 1 fully saturated rings. The molecule has 1 aromatic rings. The third-order valence-corrected chi connectivity index (χ3v) is 4.07. The molecule has 0 amide bonds. The zero-order valence-corrected chi connectivity index (χ0v) is 13.9. The first-order valence-electron chi connectivity index (χ1n) is 7.48. The number of anilines is 2. The maximum absolute atomic E-state index is 10.8. The lowest BCUT2D eigenvalue weighted by molar-refractivity contribution is -0.851. The molecular weight excluding hydrogens is 324 g/mol. The van der Waals surface area contributed by atoms with Gasteiger partial charge in [-0.15, -0.1) is 0 Å². The predicted octanol–water partition coefficient (Wildman–Crippen LogP) is 0.839. The summed E-state index contributed by atoms with van der Waals surface area (Å²) in [5.41, 5.74) is 6.12. The van der Waals surface area contributed by atoms with Crippen molar-refractivity contribution in [3.63, 3.8) is 0 Å². The Labute approximate surface area is 136 Å². The Bertz CT molecular complexity index is 592. The maximum atomic E-state index is 10.8. The summed E-state index contributed by atoms with van der Waals surface area (Å²) in [5.74, 6) is 0.432. The van der Waals surface area contributed by atoms with Crippen molar-refractivity contribution in [1.29, 1.82) is 0 Å². The van der Waals surface area contributed by atoms with Crippen molar-refractivity contribution in [2.75, 3.05) is 11.1 Å². The number of nitrogens with two attached hydrogens (primary N) is 1. The minimum atomic E-state index is -4.65. The van der Waals surface area contributed by atoms with Gasteiger partial charge in [-0.1, -0.05) is 37.1 Å². The summed E-state index contributed by atoms with van der Waals surface area (Å²) in [4.78, 5) is 4.10. The maximum Gasteiger partial charge on any atom is 0.476 e. The van der Waals surface area contributed by atoms with Crippen LogP contribution in [0.1, 0.15) is 50.6 Å². The zero-order valence-electron chi connectivity index (χ0n) is 13.1. The summed E-state index contributed by atoms with van der Waals surface area (Å²) in [5, 5.41) is 3.35. The van der Waals surface area contributed by atoms with Crippen LogP contribution in [0.2, 0.25) is 0 Å². The summed E-state index contributed by atoms with van der Waals surface area (Å²) in [6, 6.07) is 1.98. The van der Waals surface area contributed by atoms with E-state index >= 15 is 0 Å². The molecule has 2 rings (SSSR count). The van der Waals surface area contributed by atoms with Crippen LogP contribution in [0.4, 0.5) is 11.8 Å². The van der Waals surface area contributed by atoms with Crippen molar-refractivity contribution in [3.8, 4) is 0 Å². The number of nitrogen functional groups attached to an aromatic ring is 1. The lowest BCUT2D eigenvalue weighted by Gasteiger charge is -2.20. The van der Waals surface area contributed by atoms with Gasteiger partial charge in [0, 0.05) is 12.1 Å². The van der Waals surface area contributed by atoms with Crippen molar-refractivity contribution in [1.82, 2.24) is 4.98 Å². The number of aryl methyl sites for hydroxylation is 1. The molecule has 0 spiro atoms. The second-order valence-corrected chi connectivity index (χ2v) is 6.63. The highest BCUT2D eigenvalue weighted by Gasteiger charge is 2.21. The van der Waals surface area contributed by atoms with Crippen LogP contribution in [0, 0.1) is 6.92 Å². The van der Waals surface area contributed by atoms with Crippen LogP contribution in [0.25, 0.3) is 0 Å². The molecule has 0 saturated heterocycles. The van der Waals surface area contributed by atoms with Crippen LogP contribution < -0.4 is 20.1 Å². The SMILES string of the molecule is Cc1cc(NC2CCCCCCC2)nc(N)[n+]1OS(=O)(=O)O.[OH-]. The summed E-state index contributed by atoms with van der Waals surface area (Å²) in [6.45, 7) is 1.62. The largest absolute Gasteiger partial charge is 0.870 e. The minimum absolute atomic E-state index is 0. The number of hydrogen-bond acceptors (Lipinski definition) is 7. The monoisotopic (exact) mass is 348 g/mol. The number of nitrogens with one attached hydrogen (secondary N) is 1. The third kappa shape index (κ3) is 6.16. The smallest absolute Gasteiger partial charge is 0.476 e. The Morgan fingerprint density at radius 3 is 2.39 bits per heavy atom. The van der Waals surface area contributed by atoms with Gasteiger partial charge in [0.2, 0.25) is 5.82 Å². The Hall–Kier alpha value is -1.65. The van der Waals surface area contributed by atoms with E-state index in [9.17, 15) is 8.42 Å². The average Bonchev–Trinajstić information content (AvgIpc) is 2.36. The summed E-state index contributed by atoms with van der Waals surface area (Å²) >= 11 is 0. The van der Waals surface area contributed by atoms with E-state index in [4.69, 9.17) is 10.3 Å². The van der Waals surface area contributed by atoms with Gasteiger partial charge in [-0.2, -0.15) is 8.42 Å². The number of rotatable bonds is 4. The summed E-state index contributed by atoms with van der Waals surface area (Å²) in [6.07, 6.45) is 8.34. The minimum Gasteiger partial charge on any atom is -0.870 e. The van der Waals surface area contributed by atoms with Crippen LogP contribution in [0.15, 0.2) is 6.07 Å². The van der Waals surface area contributed by atoms with Crippen molar-refractivity contribution in [3.05, 3.63) is 11.8 Å². The van der Waals surface area contributed by atoms with Gasteiger partial charge >= 0.3 is 16.3 Å². The second-order valence-electron chi connectivity index (χ2n) is 5.62. The Morgan fingerprint density at radius 2 is 1.87 bits per heavy atom. The molecule has 1 saturated carbocycles. The van der Waals surface area contributed by atoms with Crippen LogP contribution in [0.5, 0.6) is 0 Å². The highest BCUT2D eigenvalue weighted by molar-refractivity contribution is 7.80. The van der Waals surface area contributed by atoms with Crippen molar-refractivity contribution in [2.45, 2.75) is 57.9 Å². The number of aromatic nitrogens is 2. The fraction of sp³-hybridized carbons (Fsp3) is 0.692. The lowest BCUT2D eigenvalue weighted by Crippen LogP contribution is -2.50. The van der Waals surface area contributed by atoms with E-state index in [-0.39, 0.29) is 11.4 Å². The van der Waals surface area contributed by atoms with E-state index in [1.165, 1.54) is 32.1 Å². The first kappa shape index (κ1) is 19.4. The Balaban J connectivity index is 0.00000264. The Kier molecular flexibility index (Phi) is 6.98. The molecule has 0 aromatic carbocycles. The second kappa shape index (κ2) is 8.27. The molecule has 0 aliphatic heterocycles. The van der Waals surface area contributed by atoms with Crippen LogP contribution in [0.3, 0.4) is 0 Å². The van der Waals surface area contributed by atoms with Crippen molar-refractivity contribution >= 4 is 22.2 Å². The Morgan fingerprint density at radius 1 is 1.30 bits per heavy atom. The molecular formula is C13H24N4O5S. The quantitative estimate of drug-likeness (QED) is 0.535. The van der Waals surface area contributed by atoms with E-state index in [2.05, 4.69) is 14.6 Å². The molecule has 23 heavy (non-hydrogen) atoms. The molecule has 1 aromatic heterocycles. The zero-order chi connectivity index (χ0) is 16.2. The standard InChI is InChI=1S/C13H22N4O4S.H2O/c1-10-9-12(15-11-7-5-3-2-4-6-8-11)16-13(14)17(10)21-22(18,19)20;/h9,11H,2-8H2,1H3,(H3,14,15,16,18,19,20);1H2. The predicted molar refractivity (Wildman–Crippen MR) is 83.4 cm³/mol. The third-order valence-electron chi connectivity index (χ3n) is 3.73. The first-order chi connectivity index (χ1) is 10.3. The molecule has 0 bridgehead atoms. The van der Waals surface area contributed by atoms with Crippen LogP contribution >= 0.6 is 0 Å². The summed E-state index contributed by atoms with van der Waals surface area (Å²) < 4.78 is 35.5. The van der Waals surface area contributed by atoms with Crippen LogP contribution in [-0.2, 0) is 10.4 Å². The molecule has 1 aliphatic carbocycles. The van der Waals surface area contributed by atoms with E-state index in [1.807, 2.05) is 0 Å². The molecule has 0 radical (unpaired) electrons. The molecule has 1 aliphatic rings. The number of nitrogens with zero attached hydrogens (tertiary/aromatic N) is 2. The average molecular weight is 348 g/mol. The van der Waals surface area contributed by atoms with Gasteiger partial charge < -0.3 is 10.8 Å². The van der Waals surface area contributed by atoms with Crippen molar-refractivity contribution < 1.29 is 27.5 Å². The highest BCUT2D eigenvalue weighted by Crippen LogP contribution is 2.20. The van der Waals surface area contributed by atoms with E-state index < -0.39 is 10.4 Å². The number of hydrogen-bond donors (Lipinski definition) is 3. The highest BCUT2D eigenvalue weighted by atomic mass is 32.3. The van der Waals surface area contributed by atoms with Gasteiger partial charge in [0.1, 0.15) is 5.69 Å². The van der Waals surface area contributed by atoms with E-state index in [0.29, 0.717) is 17.6 Å². The molecule has 9 nitrogen and oxygen atoms in total. The fourth-order valence-electron chi connectivity index (χ4n) is 2.71. The van der Waals surface area contributed by atoms with Gasteiger partial charge in [-0.05, 0) is 24.5 Å². The normalized spacial score (nSPS) is 16.8. The van der Waals surface area contributed by atoms with Gasteiger partial charge in [-0.25, -0.2) is 4.28 Å². The molecule has 0 unspecified atom stereocenters. The summed E-state index contributed by atoms with van der Waals surface area (Å²) in [7, 11) is -4.65. The van der Waals surface area contributed by atoms with E-state index in [0.717, 1.165) is 17.6 Å². The molecule has 5 N–H and O–H groups in total.